The summed E-state index contributed by atoms with van der Waals surface area (Å²) < 4.78 is 5.46. The van der Waals surface area contributed by atoms with Crippen LogP contribution in [0.25, 0.3) is 0 Å². The Bertz CT molecular complexity index is 1140. The quantitative estimate of drug-likeness (QED) is 0.116. The second-order valence-electron chi connectivity index (χ2n) is 9.14. The molecule has 0 aromatic heterocycles. The standard InChI is InChI=1S/C26H35ClN4O8S2/c1-15(39-2)24(17-5-3-4-6-18(17)27)31-10-9-21(16(12-31)13-32)41-40-14-20(25(36)29-11-23(34)35)30-22(33)8-7-19(28)26(37)38/h3-6,13,19-21,24,32H,1,7-12,14,28H2,2H3,(H,29,36)(H,30,33)(H,34,35)(H,37,38)/b16-13-. The number of aliphatic hydroxyl groups is 1. The third kappa shape index (κ3) is 10.8. The van der Waals surface area contributed by atoms with Crippen molar-refractivity contribution in [2.75, 3.05) is 32.5 Å². The highest BCUT2D eigenvalue weighted by atomic mass is 35.5. The number of carboxylic acids is 2. The van der Waals surface area contributed by atoms with Gasteiger partial charge in [0, 0.05) is 35.5 Å². The van der Waals surface area contributed by atoms with Crippen LogP contribution in [0, 0.1) is 0 Å². The van der Waals surface area contributed by atoms with Crippen molar-refractivity contribution in [3.05, 3.63) is 59.0 Å². The summed E-state index contributed by atoms with van der Waals surface area (Å²) in [6.45, 7) is 4.44. The third-order valence-corrected chi connectivity index (χ3v) is 9.49. The second-order valence-corrected chi connectivity index (χ2v) is 12.2. The molecule has 0 aliphatic carbocycles. The van der Waals surface area contributed by atoms with Crippen molar-refractivity contribution in [3.63, 3.8) is 0 Å². The van der Waals surface area contributed by atoms with Crippen molar-refractivity contribution in [1.29, 1.82) is 0 Å². The number of halogens is 1. The molecule has 12 nitrogen and oxygen atoms in total. The highest BCUT2D eigenvalue weighted by Gasteiger charge is 2.33. The number of methoxy groups -OCH3 is 1. The van der Waals surface area contributed by atoms with Gasteiger partial charge >= 0.3 is 11.9 Å². The van der Waals surface area contributed by atoms with Crippen molar-refractivity contribution in [2.24, 2.45) is 5.73 Å². The Labute approximate surface area is 251 Å². The van der Waals surface area contributed by atoms with Crippen LogP contribution in [0.1, 0.15) is 30.9 Å². The summed E-state index contributed by atoms with van der Waals surface area (Å²) in [6, 6.07) is 4.76. The van der Waals surface area contributed by atoms with E-state index < -0.39 is 42.4 Å². The van der Waals surface area contributed by atoms with Gasteiger partial charge in [-0.3, -0.25) is 24.1 Å². The highest BCUT2D eigenvalue weighted by Crippen LogP contribution is 2.40. The number of rotatable bonds is 16. The number of piperidine rings is 1. The lowest BCUT2D eigenvalue weighted by Gasteiger charge is -2.39. The number of nitrogens with two attached hydrogens (primary N) is 1. The number of benzene rings is 1. The molecule has 4 atom stereocenters. The van der Waals surface area contributed by atoms with Crippen LogP contribution in [-0.2, 0) is 23.9 Å². The number of likely N-dealkylation sites (tertiary alicyclic amines) is 1. The monoisotopic (exact) mass is 630 g/mol. The largest absolute Gasteiger partial charge is 0.516 e. The van der Waals surface area contributed by atoms with E-state index in [-0.39, 0.29) is 29.9 Å². The molecule has 1 aliphatic heterocycles. The number of carbonyl (C=O) groups excluding carboxylic acids is 2. The van der Waals surface area contributed by atoms with E-state index in [0.717, 1.165) is 17.4 Å². The molecule has 0 radical (unpaired) electrons. The third-order valence-electron chi connectivity index (χ3n) is 6.26. The zero-order chi connectivity index (χ0) is 30.5. The van der Waals surface area contributed by atoms with E-state index in [9.17, 15) is 24.3 Å². The average Bonchev–Trinajstić information content (AvgIpc) is 2.95. The number of aliphatic hydroxyl groups excluding tert-OH is 1. The Kier molecular flexibility index (Phi) is 14.3. The number of nitrogens with zero attached hydrogens (tertiary/aromatic N) is 1. The molecule has 2 rings (SSSR count). The first-order valence-electron chi connectivity index (χ1n) is 12.6. The van der Waals surface area contributed by atoms with Crippen LogP contribution in [-0.4, -0.2) is 93.8 Å². The van der Waals surface area contributed by atoms with E-state index in [4.69, 9.17) is 32.3 Å². The lowest BCUT2D eigenvalue weighted by atomic mass is 9.98. The van der Waals surface area contributed by atoms with Crippen molar-refractivity contribution in [3.8, 4) is 0 Å². The van der Waals surface area contributed by atoms with Gasteiger partial charge in [-0.25, -0.2) is 0 Å². The Morgan fingerprint density at radius 3 is 2.61 bits per heavy atom. The highest BCUT2D eigenvalue weighted by molar-refractivity contribution is 8.77. The van der Waals surface area contributed by atoms with Crippen LogP contribution in [0.2, 0.25) is 5.02 Å². The zero-order valence-corrected chi connectivity index (χ0v) is 24.8. The van der Waals surface area contributed by atoms with Gasteiger partial charge in [-0.1, -0.05) is 58.0 Å². The molecule has 15 heteroatoms. The second kappa shape index (κ2) is 17.1. The first-order valence-corrected chi connectivity index (χ1v) is 15.3. The number of hydrogen-bond acceptors (Lipinski definition) is 10. The van der Waals surface area contributed by atoms with Gasteiger partial charge in [-0.15, -0.1) is 0 Å². The summed E-state index contributed by atoms with van der Waals surface area (Å²) >= 11 is 6.46. The zero-order valence-electron chi connectivity index (χ0n) is 22.5. The molecule has 1 aromatic rings. The van der Waals surface area contributed by atoms with Crippen molar-refractivity contribution in [1.82, 2.24) is 15.5 Å². The number of carbonyl (C=O) groups is 4. The predicted molar refractivity (Wildman–Crippen MR) is 159 cm³/mol. The van der Waals surface area contributed by atoms with Gasteiger partial charge in [0.2, 0.25) is 11.8 Å². The van der Waals surface area contributed by atoms with Crippen LogP contribution in [0.5, 0.6) is 0 Å². The van der Waals surface area contributed by atoms with Gasteiger partial charge in [-0.05, 0) is 30.0 Å². The fourth-order valence-electron chi connectivity index (χ4n) is 4.06. The minimum atomic E-state index is -1.25. The van der Waals surface area contributed by atoms with Crippen LogP contribution in [0.3, 0.4) is 0 Å². The number of aliphatic carboxylic acids is 2. The molecule has 4 unspecified atom stereocenters. The minimum absolute atomic E-state index is 0.0918. The lowest BCUT2D eigenvalue weighted by Crippen LogP contribution is -2.49. The molecule has 0 bridgehead atoms. The average molecular weight is 631 g/mol. The minimum Gasteiger partial charge on any atom is -0.516 e. The van der Waals surface area contributed by atoms with Gasteiger partial charge in [0.15, 0.2) is 0 Å². The van der Waals surface area contributed by atoms with Crippen molar-refractivity contribution < 1.29 is 39.2 Å². The Morgan fingerprint density at radius 2 is 2.00 bits per heavy atom. The first kappa shape index (κ1) is 34.3. The van der Waals surface area contributed by atoms with E-state index >= 15 is 0 Å². The van der Waals surface area contributed by atoms with E-state index in [1.165, 1.54) is 28.7 Å². The number of ether oxygens (including phenoxy) is 1. The summed E-state index contributed by atoms with van der Waals surface area (Å²) in [5.41, 5.74) is 7.00. The molecule has 1 aliphatic rings. The SMILES string of the molecule is C=C(OC)C(c1ccccc1Cl)N1CCC(SSCC(NC(=O)CCC(N)C(=O)O)C(=O)NCC(=O)O)/C(=C\O)C1. The molecule has 1 saturated heterocycles. The number of nitrogens with one attached hydrogen (secondary N) is 2. The van der Waals surface area contributed by atoms with E-state index in [2.05, 4.69) is 22.1 Å². The Morgan fingerprint density at radius 1 is 1.29 bits per heavy atom. The summed E-state index contributed by atoms with van der Waals surface area (Å²) in [7, 11) is 4.23. The molecular formula is C26H35ClN4O8S2. The topological polar surface area (TPSA) is 192 Å². The summed E-state index contributed by atoms with van der Waals surface area (Å²) in [6.07, 6.45) is 1.36. The lowest BCUT2D eigenvalue weighted by molar-refractivity contribution is -0.139. The molecule has 7 N–H and O–H groups in total. The number of hydrogen-bond donors (Lipinski definition) is 6. The summed E-state index contributed by atoms with van der Waals surface area (Å²) in [5, 5.41) is 33.1. The van der Waals surface area contributed by atoms with Gasteiger partial charge < -0.3 is 36.4 Å². The fraction of sp³-hybridized carbons (Fsp3) is 0.462. The Hall–Kier alpha value is -2.91. The Balaban J connectivity index is 2.03. The molecule has 1 aromatic carbocycles. The molecule has 2 amide bonds. The molecule has 0 spiro atoms. The van der Waals surface area contributed by atoms with Crippen molar-refractivity contribution >= 4 is 56.9 Å². The normalized spacial score (nSPS) is 18.6. The van der Waals surface area contributed by atoms with Gasteiger partial charge in [-0.2, -0.15) is 0 Å². The van der Waals surface area contributed by atoms with Crippen LogP contribution in [0.15, 0.2) is 48.4 Å². The maximum absolute atomic E-state index is 12.6. The number of carboxylic acid groups (broad SMARTS) is 2. The molecule has 1 fully saturated rings. The molecule has 0 saturated carbocycles. The molecule has 226 valence electrons. The first-order chi connectivity index (χ1) is 19.5. The fourth-order valence-corrected chi connectivity index (χ4v) is 7.16. The molecule has 41 heavy (non-hydrogen) atoms. The van der Waals surface area contributed by atoms with Crippen LogP contribution < -0.4 is 16.4 Å². The van der Waals surface area contributed by atoms with E-state index in [1.807, 2.05) is 18.2 Å². The van der Waals surface area contributed by atoms with Crippen LogP contribution in [0.4, 0.5) is 0 Å². The smallest absolute Gasteiger partial charge is 0.322 e. The van der Waals surface area contributed by atoms with E-state index in [0.29, 0.717) is 30.3 Å². The van der Waals surface area contributed by atoms with Crippen LogP contribution >= 0.6 is 33.2 Å². The van der Waals surface area contributed by atoms with Gasteiger partial charge in [0.05, 0.1) is 19.4 Å². The van der Waals surface area contributed by atoms with E-state index in [1.54, 1.807) is 6.07 Å². The maximum atomic E-state index is 12.6. The van der Waals surface area contributed by atoms with Crippen molar-refractivity contribution in [2.45, 2.75) is 42.6 Å². The van der Waals surface area contributed by atoms with Gasteiger partial charge in [0.1, 0.15) is 24.4 Å². The molecular weight excluding hydrogens is 596 g/mol. The number of amides is 2. The maximum Gasteiger partial charge on any atom is 0.322 e. The summed E-state index contributed by atoms with van der Waals surface area (Å²) in [5.74, 6) is -3.17. The predicted octanol–water partition coefficient (Wildman–Crippen LogP) is 2.32. The van der Waals surface area contributed by atoms with Gasteiger partial charge in [0.25, 0.3) is 0 Å². The summed E-state index contributed by atoms with van der Waals surface area (Å²) in [4.78, 5) is 48.8. The molecule has 1 heterocycles.